The first kappa shape index (κ1) is 13.2. The molecular formula is C14H20BrN3O. The van der Waals surface area contributed by atoms with Crippen molar-refractivity contribution in [3.8, 4) is 0 Å². The SMILES string of the molecule is CC(C)(Nc1cnn(CC2CC2)c(=O)c1Br)C1CC1. The van der Waals surface area contributed by atoms with Crippen LogP contribution in [0.4, 0.5) is 5.69 Å². The Balaban J connectivity index is 1.81. The zero-order valence-electron chi connectivity index (χ0n) is 11.4. The van der Waals surface area contributed by atoms with Gasteiger partial charge in [0.05, 0.1) is 11.9 Å². The van der Waals surface area contributed by atoms with Gasteiger partial charge in [-0.3, -0.25) is 4.79 Å². The molecule has 1 aromatic rings. The van der Waals surface area contributed by atoms with E-state index in [-0.39, 0.29) is 11.1 Å². The zero-order valence-corrected chi connectivity index (χ0v) is 13.0. The molecule has 4 nitrogen and oxygen atoms in total. The first-order valence-electron chi connectivity index (χ1n) is 7.01. The number of hydrogen-bond acceptors (Lipinski definition) is 3. The van der Waals surface area contributed by atoms with Gasteiger partial charge in [0.1, 0.15) is 4.47 Å². The van der Waals surface area contributed by atoms with Crippen molar-refractivity contribution < 1.29 is 0 Å². The van der Waals surface area contributed by atoms with Crippen LogP contribution in [0.5, 0.6) is 0 Å². The van der Waals surface area contributed by atoms with Gasteiger partial charge in [-0.15, -0.1) is 0 Å². The van der Waals surface area contributed by atoms with Crippen LogP contribution in [0, 0.1) is 11.8 Å². The van der Waals surface area contributed by atoms with Crippen LogP contribution in [0.15, 0.2) is 15.5 Å². The van der Waals surface area contributed by atoms with E-state index >= 15 is 0 Å². The molecule has 104 valence electrons. The minimum atomic E-state index is -0.0245. The fraction of sp³-hybridized carbons (Fsp3) is 0.714. The van der Waals surface area contributed by atoms with Crippen molar-refractivity contribution in [2.45, 2.75) is 51.6 Å². The third-order valence-electron chi connectivity index (χ3n) is 4.17. The molecule has 1 heterocycles. The first-order valence-corrected chi connectivity index (χ1v) is 7.80. The van der Waals surface area contributed by atoms with Gasteiger partial charge in [-0.25, -0.2) is 4.68 Å². The van der Waals surface area contributed by atoms with Crippen molar-refractivity contribution in [3.63, 3.8) is 0 Å². The summed E-state index contributed by atoms with van der Waals surface area (Å²) < 4.78 is 2.19. The quantitative estimate of drug-likeness (QED) is 0.905. The molecule has 0 saturated heterocycles. The molecule has 1 aromatic heterocycles. The van der Waals surface area contributed by atoms with E-state index in [1.54, 1.807) is 10.9 Å². The van der Waals surface area contributed by atoms with E-state index in [1.165, 1.54) is 25.7 Å². The van der Waals surface area contributed by atoms with Crippen molar-refractivity contribution in [2.24, 2.45) is 11.8 Å². The summed E-state index contributed by atoms with van der Waals surface area (Å²) in [7, 11) is 0. The molecule has 0 aliphatic heterocycles. The normalized spacial score (nSPS) is 19.5. The van der Waals surface area contributed by atoms with Crippen molar-refractivity contribution in [1.29, 1.82) is 0 Å². The maximum Gasteiger partial charge on any atom is 0.283 e. The van der Waals surface area contributed by atoms with Gasteiger partial charge in [0.15, 0.2) is 0 Å². The van der Waals surface area contributed by atoms with Gasteiger partial charge >= 0.3 is 0 Å². The molecule has 0 bridgehead atoms. The van der Waals surface area contributed by atoms with Crippen LogP contribution in [0.25, 0.3) is 0 Å². The fourth-order valence-electron chi connectivity index (χ4n) is 2.48. The maximum absolute atomic E-state index is 12.2. The van der Waals surface area contributed by atoms with Gasteiger partial charge in [0.25, 0.3) is 5.56 Å². The predicted octanol–water partition coefficient (Wildman–Crippen LogP) is 3.02. The first-order chi connectivity index (χ1) is 8.97. The second kappa shape index (κ2) is 4.62. The molecule has 2 aliphatic rings. The second-order valence-electron chi connectivity index (χ2n) is 6.42. The number of aromatic nitrogens is 2. The molecule has 19 heavy (non-hydrogen) atoms. The van der Waals surface area contributed by atoms with Crippen LogP contribution >= 0.6 is 15.9 Å². The molecule has 3 rings (SSSR count). The Morgan fingerprint density at radius 3 is 2.68 bits per heavy atom. The smallest absolute Gasteiger partial charge is 0.283 e. The third kappa shape index (κ3) is 2.86. The van der Waals surface area contributed by atoms with E-state index in [0.717, 1.165) is 12.2 Å². The lowest BCUT2D eigenvalue weighted by molar-refractivity contribution is 0.490. The summed E-state index contributed by atoms with van der Waals surface area (Å²) in [4.78, 5) is 12.2. The minimum absolute atomic E-state index is 0.0245. The summed E-state index contributed by atoms with van der Waals surface area (Å²) in [6, 6.07) is 0. The summed E-state index contributed by atoms with van der Waals surface area (Å²) >= 11 is 3.43. The summed E-state index contributed by atoms with van der Waals surface area (Å²) in [5.74, 6) is 1.35. The Bertz CT molecular complexity index is 544. The number of rotatable bonds is 5. The Kier molecular flexibility index (Phi) is 3.20. The van der Waals surface area contributed by atoms with E-state index in [1.807, 2.05) is 0 Å². The summed E-state index contributed by atoms with van der Waals surface area (Å²) in [6.07, 6.45) is 6.76. The van der Waals surface area contributed by atoms with Crippen molar-refractivity contribution in [3.05, 3.63) is 21.0 Å². The zero-order chi connectivity index (χ0) is 13.6. The summed E-state index contributed by atoms with van der Waals surface area (Å²) in [5, 5.41) is 7.76. The van der Waals surface area contributed by atoms with E-state index in [4.69, 9.17) is 0 Å². The van der Waals surface area contributed by atoms with Gasteiger partial charge in [-0.1, -0.05) is 0 Å². The monoisotopic (exact) mass is 325 g/mol. The lowest BCUT2D eigenvalue weighted by Crippen LogP contribution is -2.35. The van der Waals surface area contributed by atoms with E-state index in [0.29, 0.717) is 16.3 Å². The second-order valence-corrected chi connectivity index (χ2v) is 7.22. The lowest BCUT2D eigenvalue weighted by atomic mass is 9.98. The number of nitrogens with zero attached hydrogens (tertiary/aromatic N) is 2. The van der Waals surface area contributed by atoms with Crippen LogP contribution in [-0.4, -0.2) is 15.3 Å². The largest absolute Gasteiger partial charge is 0.378 e. The third-order valence-corrected chi connectivity index (χ3v) is 4.93. The maximum atomic E-state index is 12.2. The highest BCUT2D eigenvalue weighted by atomic mass is 79.9. The van der Waals surface area contributed by atoms with Crippen LogP contribution in [0.3, 0.4) is 0 Å². The van der Waals surface area contributed by atoms with Crippen LogP contribution in [0.1, 0.15) is 39.5 Å². The standard InChI is InChI=1S/C14H20BrN3O/c1-14(2,10-5-6-10)17-11-7-16-18(8-9-3-4-9)13(19)12(11)15/h7,9-10,17H,3-6,8H2,1-2H3. The lowest BCUT2D eigenvalue weighted by Gasteiger charge is -2.27. The molecule has 0 amide bonds. The van der Waals surface area contributed by atoms with Crippen LogP contribution < -0.4 is 10.9 Å². The molecule has 5 heteroatoms. The van der Waals surface area contributed by atoms with E-state index in [9.17, 15) is 4.79 Å². The summed E-state index contributed by atoms with van der Waals surface area (Å²) in [5.41, 5.74) is 0.816. The van der Waals surface area contributed by atoms with E-state index in [2.05, 4.69) is 40.2 Å². The van der Waals surface area contributed by atoms with Gasteiger partial charge in [0, 0.05) is 12.1 Å². The minimum Gasteiger partial charge on any atom is -0.378 e. The average molecular weight is 326 g/mol. The number of anilines is 1. The topological polar surface area (TPSA) is 46.9 Å². The van der Waals surface area contributed by atoms with Crippen molar-refractivity contribution in [1.82, 2.24) is 9.78 Å². The highest BCUT2D eigenvalue weighted by molar-refractivity contribution is 9.10. The molecule has 0 aromatic carbocycles. The highest BCUT2D eigenvalue weighted by Gasteiger charge is 2.38. The van der Waals surface area contributed by atoms with Gasteiger partial charge in [-0.2, -0.15) is 5.10 Å². The van der Waals surface area contributed by atoms with Gasteiger partial charge in [0.2, 0.25) is 0 Å². The van der Waals surface area contributed by atoms with Crippen molar-refractivity contribution >= 4 is 21.6 Å². The predicted molar refractivity (Wildman–Crippen MR) is 79.3 cm³/mol. The Morgan fingerprint density at radius 2 is 2.11 bits per heavy atom. The Morgan fingerprint density at radius 1 is 1.42 bits per heavy atom. The van der Waals surface area contributed by atoms with E-state index < -0.39 is 0 Å². The number of hydrogen-bond donors (Lipinski definition) is 1. The number of halogens is 1. The molecule has 2 saturated carbocycles. The van der Waals surface area contributed by atoms with Crippen molar-refractivity contribution in [2.75, 3.05) is 5.32 Å². The van der Waals surface area contributed by atoms with Gasteiger partial charge < -0.3 is 5.32 Å². The average Bonchev–Trinajstić information content (AvgIpc) is 3.20. The highest BCUT2D eigenvalue weighted by Crippen LogP contribution is 2.41. The van der Waals surface area contributed by atoms with Gasteiger partial charge in [-0.05, 0) is 67.3 Å². The molecule has 0 spiro atoms. The molecule has 0 unspecified atom stereocenters. The molecule has 2 fully saturated rings. The molecule has 2 aliphatic carbocycles. The van der Waals surface area contributed by atoms with Crippen LogP contribution in [-0.2, 0) is 6.54 Å². The number of nitrogens with one attached hydrogen (secondary N) is 1. The Hall–Kier alpha value is -0.840. The molecule has 1 N–H and O–H groups in total. The summed E-state index contributed by atoms with van der Waals surface area (Å²) in [6.45, 7) is 5.13. The fourth-order valence-corrected chi connectivity index (χ4v) is 2.89. The molecular weight excluding hydrogens is 306 g/mol. The molecule has 0 radical (unpaired) electrons. The Labute approximate surface area is 121 Å². The molecule has 0 atom stereocenters. The van der Waals surface area contributed by atoms with Crippen LogP contribution in [0.2, 0.25) is 0 Å².